The van der Waals surface area contributed by atoms with Crippen molar-refractivity contribution in [1.29, 1.82) is 0 Å². The van der Waals surface area contributed by atoms with Crippen molar-refractivity contribution in [3.8, 4) is 0 Å². The lowest BCUT2D eigenvalue weighted by molar-refractivity contribution is -0.140. The van der Waals surface area contributed by atoms with Gasteiger partial charge in [0.1, 0.15) is 10.7 Å². The van der Waals surface area contributed by atoms with Crippen molar-refractivity contribution in [2.75, 3.05) is 0 Å². The van der Waals surface area contributed by atoms with E-state index in [1.54, 1.807) is 0 Å². The second-order valence-electron chi connectivity index (χ2n) is 6.18. The van der Waals surface area contributed by atoms with Gasteiger partial charge in [0.2, 0.25) is 0 Å². The van der Waals surface area contributed by atoms with Crippen molar-refractivity contribution in [3.05, 3.63) is 34.9 Å². The highest BCUT2D eigenvalue weighted by Crippen LogP contribution is 2.38. The summed E-state index contributed by atoms with van der Waals surface area (Å²) < 4.78 is 61.2. The van der Waals surface area contributed by atoms with Crippen LogP contribution in [0.2, 0.25) is 0 Å². The normalized spacial score (nSPS) is 17.3. The summed E-state index contributed by atoms with van der Waals surface area (Å²) in [7, 11) is -3.00. The molecule has 0 spiro atoms. The molecule has 2 rings (SSSR count). The van der Waals surface area contributed by atoms with Gasteiger partial charge in [-0.1, -0.05) is 37.8 Å². The third-order valence-corrected chi connectivity index (χ3v) is 5.08. The van der Waals surface area contributed by atoms with Crippen molar-refractivity contribution < 1.29 is 31.5 Å². The first-order chi connectivity index (χ1) is 11.2. The molecule has 0 aromatic heterocycles. The van der Waals surface area contributed by atoms with E-state index in [2.05, 4.69) is 0 Å². The first-order valence-electron chi connectivity index (χ1n) is 7.73. The molecule has 1 aliphatic carbocycles. The van der Waals surface area contributed by atoms with E-state index in [-0.39, 0.29) is 17.0 Å². The Morgan fingerprint density at radius 1 is 1.25 bits per heavy atom. The molecule has 1 unspecified atom stereocenters. The fourth-order valence-electron chi connectivity index (χ4n) is 3.31. The van der Waals surface area contributed by atoms with Gasteiger partial charge in [0.05, 0.1) is 17.2 Å². The van der Waals surface area contributed by atoms with Crippen molar-refractivity contribution in [2.45, 2.75) is 50.0 Å². The number of thiol groups is 1. The lowest BCUT2D eigenvalue weighted by Gasteiger charge is -2.19. The molecule has 0 saturated heterocycles. The lowest BCUT2D eigenvalue weighted by Crippen LogP contribution is -2.17. The molecule has 24 heavy (non-hydrogen) atoms. The van der Waals surface area contributed by atoms with Gasteiger partial charge in [0, 0.05) is 0 Å². The maximum atomic E-state index is 13.2. The summed E-state index contributed by atoms with van der Waals surface area (Å²) in [5.74, 6) is -2.68. The minimum absolute atomic E-state index is 0.0756. The minimum atomic E-state index is -4.73. The fraction of sp³-hybridized carbons (Fsp3) is 0.562. The number of hydrogen-bond donors (Lipinski definition) is 2. The third kappa shape index (κ3) is 4.72. The molecule has 0 amide bonds. The molecule has 1 aliphatic rings. The second-order valence-corrected chi connectivity index (χ2v) is 7.16. The zero-order valence-electron chi connectivity index (χ0n) is 12.9. The zero-order chi connectivity index (χ0) is 17.9. The van der Waals surface area contributed by atoms with E-state index in [0.29, 0.717) is 6.42 Å². The van der Waals surface area contributed by atoms with E-state index < -0.39 is 40.1 Å². The molecule has 134 valence electrons. The van der Waals surface area contributed by atoms with Crippen LogP contribution in [0, 0.1) is 5.92 Å². The van der Waals surface area contributed by atoms with E-state index in [4.69, 9.17) is 0 Å². The Hall–Kier alpha value is -1.57. The van der Waals surface area contributed by atoms with Gasteiger partial charge in [0.25, 0.3) is 0 Å². The van der Waals surface area contributed by atoms with Gasteiger partial charge in [0.15, 0.2) is 0 Å². The average molecular weight is 364 g/mol. The summed E-state index contributed by atoms with van der Waals surface area (Å²) in [6.45, 7) is 0. The smallest absolute Gasteiger partial charge is 0.416 e. The first kappa shape index (κ1) is 18.8. The molecule has 1 atom stereocenters. The first-order valence-corrected chi connectivity index (χ1v) is 9.09. The highest BCUT2D eigenvalue weighted by Gasteiger charge is 2.35. The van der Waals surface area contributed by atoms with Crippen LogP contribution in [0.1, 0.15) is 54.7 Å². The Labute approximate surface area is 139 Å². The number of rotatable bonds is 6. The van der Waals surface area contributed by atoms with Gasteiger partial charge in [-0.2, -0.15) is 13.2 Å². The summed E-state index contributed by atoms with van der Waals surface area (Å²) in [4.78, 5) is 11.5. The Morgan fingerprint density at radius 2 is 1.88 bits per heavy atom. The van der Waals surface area contributed by atoms with Crippen LogP contribution in [-0.4, -0.2) is 19.5 Å². The van der Waals surface area contributed by atoms with Crippen molar-refractivity contribution in [3.63, 3.8) is 0 Å². The predicted molar refractivity (Wildman–Crippen MR) is 82.4 cm³/mol. The van der Waals surface area contributed by atoms with Crippen LogP contribution in [-0.2, 0) is 27.4 Å². The molecule has 0 radical (unpaired) electrons. The quantitative estimate of drug-likeness (QED) is 0.757. The van der Waals surface area contributed by atoms with Gasteiger partial charge in [-0.05, 0) is 29.5 Å². The Bertz CT molecular complexity index is 668. The molecule has 1 fully saturated rings. The maximum Gasteiger partial charge on any atom is 0.416 e. The summed E-state index contributed by atoms with van der Waals surface area (Å²) in [6, 6.07) is 3.17. The Kier molecular flexibility index (Phi) is 5.90. The van der Waals surface area contributed by atoms with Gasteiger partial charge in [-0.25, -0.2) is 8.42 Å². The Morgan fingerprint density at radius 3 is 2.38 bits per heavy atom. The number of carboxylic acids is 1. The SMILES string of the molecule is O=C(O)C(CC1CCCC1)c1ccc(C[SH](=O)=O)c(C(F)(F)F)c1. The highest BCUT2D eigenvalue weighted by molar-refractivity contribution is 7.71. The van der Waals surface area contributed by atoms with E-state index in [1.165, 1.54) is 6.07 Å². The third-order valence-electron chi connectivity index (χ3n) is 4.48. The van der Waals surface area contributed by atoms with E-state index in [1.807, 2.05) is 0 Å². The summed E-state index contributed by atoms with van der Waals surface area (Å²) in [5, 5.41) is 9.42. The zero-order valence-corrected chi connectivity index (χ0v) is 13.8. The van der Waals surface area contributed by atoms with Crippen molar-refractivity contribution in [2.24, 2.45) is 5.92 Å². The topological polar surface area (TPSA) is 71.4 Å². The molecule has 1 aromatic carbocycles. The number of halogens is 3. The second kappa shape index (κ2) is 7.55. The van der Waals surface area contributed by atoms with Crippen LogP contribution in [0.4, 0.5) is 13.2 Å². The monoisotopic (exact) mass is 364 g/mol. The number of hydrogen-bond acceptors (Lipinski definition) is 3. The molecule has 8 heteroatoms. The molecular formula is C16H19F3O4S. The predicted octanol–water partition coefficient (Wildman–Crippen LogP) is 3.57. The van der Waals surface area contributed by atoms with Gasteiger partial charge in [-0.3, -0.25) is 4.79 Å². The molecular weight excluding hydrogens is 345 g/mol. The molecule has 4 nitrogen and oxygen atoms in total. The summed E-state index contributed by atoms with van der Waals surface area (Å²) in [5.41, 5.74) is -1.35. The van der Waals surface area contributed by atoms with Crippen LogP contribution < -0.4 is 0 Å². The fourth-order valence-corrected chi connectivity index (χ4v) is 3.86. The van der Waals surface area contributed by atoms with Crippen LogP contribution in [0.3, 0.4) is 0 Å². The van der Waals surface area contributed by atoms with Crippen LogP contribution in [0.25, 0.3) is 0 Å². The van der Waals surface area contributed by atoms with Crippen LogP contribution in [0.15, 0.2) is 18.2 Å². The van der Waals surface area contributed by atoms with E-state index in [9.17, 15) is 31.5 Å². The molecule has 1 N–H and O–H groups in total. The van der Waals surface area contributed by atoms with E-state index in [0.717, 1.165) is 37.8 Å². The van der Waals surface area contributed by atoms with Gasteiger partial charge in [-0.15, -0.1) is 0 Å². The summed E-state index contributed by atoms with van der Waals surface area (Å²) in [6.07, 6.45) is -0.606. The van der Waals surface area contributed by atoms with E-state index >= 15 is 0 Å². The summed E-state index contributed by atoms with van der Waals surface area (Å²) >= 11 is 0. The maximum absolute atomic E-state index is 13.2. The van der Waals surface area contributed by atoms with Crippen molar-refractivity contribution >= 4 is 16.7 Å². The number of aliphatic carboxylic acids is 1. The Balaban J connectivity index is 2.38. The van der Waals surface area contributed by atoms with Gasteiger partial charge < -0.3 is 5.11 Å². The number of alkyl halides is 3. The van der Waals surface area contributed by atoms with Gasteiger partial charge >= 0.3 is 12.1 Å². The van der Waals surface area contributed by atoms with Crippen LogP contribution >= 0.6 is 0 Å². The largest absolute Gasteiger partial charge is 0.481 e. The van der Waals surface area contributed by atoms with Crippen molar-refractivity contribution in [1.82, 2.24) is 0 Å². The average Bonchev–Trinajstić information content (AvgIpc) is 2.96. The minimum Gasteiger partial charge on any atom is -0.481 e. The molecule has 1 aromatic rings. The number of carbonyl (C=O) groups is 1. The molecule has 0 heterocycles. The lowest BCUT2D eigenvalue weighted by atomic mass is 9.86. The standard InChI is InChI=1S/C16H19F3O4S/c17-16(18,19)14-8-11(5-6-12(14)9-24(22)23)13(15(20)21)7-10-3-1-2-4-10/h5-6,8,10,13,24H,1-4,7,9H2,(H,20,21). The molecule has 0 bridgehead atoms. The molecule has 0 aliphatic heterocycles. The number of benzene rings is 1. The van der Waals surface area contributed by atoms with Crippen LogP contribution in [0.5, 0.6) is 0 Å². The highest BCUT2D eigenvalue weighted by atomic mass is 32.2. The number of carboxylic acid groups (broad SMARTS) is 1. The molecule has 1 saturated carbocycles.